The Kier molecular flexibility index (Phi) is 9.23. The Morgan fingerprint density at radius 3 is 1.00 bits per heavy atom. The first kappa shape index (κ1) is 30.8. The van der Waals surface area contributed by atoms with Crippen molar-refractivity contribution in [3.8, 4) is 57.5 Å². The zero-order chi connectivity index (χ0) is 32.0. The van der Waals surface area contributed by atoms with Crippen LogP contribution in [0.2, 0.25) is 0 Å². The molecule has 0 bridgehead atoms. The van der Waals surface area contributed by atoms with E-state index in [-0.39, 0.29) is 17.3 Å². The monoisotopic (exact) mass is 738 g/mol. The van der Waals surface area contributed by atoms with Crippen LogP contribution in [0.4, 0.5) is 0 Å². The molecule has 0 radical (unpaired) electrons. The summed E-state index contributed by atoms with van der Waals surface area (Å²) in [6.07, 6.45) is 0. The van der Waals surface area contributed by atoms with Crippen molar-refractivity contribution in [1.29, 1.82) is 0 Å². The molecular weight excluding hydrogens is 716 g/mol. The summed E-state index contributed by atoms with van der Waals surface area (Å²) in [5.41, 5.74) is 0.975. The van der Waals surface area contributed by atoms with Gasteiger partial charge in [0.15, 0.2) is 5.78 Å². The van der Waals surface area contributed by atoms with E-state index in [9.17, 15) is 15.0 Å². The molecule has 2 N–H and O–H groups in total. The van der Waals surface area contributed by atoms with Crippen molar-refractivity contribution in [3.63, 3.8) is 0 Å². The summed E-state index contributed by atoms with van der Waals surface area (Å²) in [5, 5.41) is 18.9. The second kappa shape index (κ2) is 13.8. The first-order valence-electron chi connectivity index (χ1n) is 13.9. The zero-order valence-electron chi connectivity index (χ0n) is 23.9. The molecule has 0 saturated carbocycles. The molecule has 0 heterocycles. The number of halogens is 2. The van der Waals surface area contributed by atoms with E-state index in [1.54, 1.807) is 133 Å². The van der Waals surface area contributed by atoms with Gasteiger partial charge in [0.25, 0.3) is 0 Å². The van der Waals surface area contributed by atoms with Gasteiger partial charge in [-0.25, -0.2) is 0 Å². The Hall–Kier alpha value is -5.25. The van der Waals surface area contributed by atoms with Gasteiger partial charge in [-0.3, -0.25) is 4.79 Å². The highest BCUT2D eigenvalue weighted by Crippen LogP contribution is 2.35. The number of benzene rings is 6. The van der Waals surface area contributed by atoms with Crippen LogP contribution in [0.5, 0.6) is 57.5 Å². The van der Waals surface area contributed by atoms with Crippen LogP contribution in [0.15, 0.2) is 142 Å². The van der Waals surface area contributed by atoms with Crippen LogP contribution in [0, 0.1) is 0 Å². The Labute approximate surface area is 281 Å². The molecule has 228 valence electrons. The largest absolute Gasteiger partial charge is 0.508 e. The van der Waals surface area contributed by atoms with Crippen molar-refractivity contribution in [1.82, 2.24) is 0 Å². The molecule has 0 aliphatic carbocycles. The zero-order valence-corrected chi connectivity index (χ0v) is 27.1. The Morgan fingerprint density at radius 2 is 0.696 bits per heavy atom. The smallest absolute Gasteiger partial charge is 0.193 e. The fraction of sp³-hybridized carbons (Fsp3) is 0. The van der Waals surface area contributed by atoms with Crippen LogP contribution in [-0.4, -0.2) is 16.0 Å². The first-order valence-corrected chi connectivity index (χ1v) is 15.5. The van der Waals surface area contributed by atoms with Crippen molar-refractivity contribution < 1.29 is 34.0 Å². The topological polar surface area (TPSA) is 94.5 Å². The van der Waals surface area contributed by atoms with Gasteiger partial charge in [-0.15, -0.1) is 0 Å². The summed E-state index contributed by atoms with van der Waals surface area (Å²) in [5.74, 6) is 4.92. The molecule has 7 nitrogen and oxygen atoms in total. The highest BCUT2D eigenvalue weighted by Gasteiger charge is 2.15. The molecule has 0 unspecified atom stereocenters. The third-order valence-corrected chi connectivity index (χ3v) is 7.88. The molecular formula is C37H24Br2O7. The van der Waals surface area contributed by atoms with Crippen LogP contribution in [0.25, 0.3) is 0 Å². The Balaban J connectivity index is 1.07. The van der Waals surface area contributed by atoms with Crippen LogP contribution in [0.3, 0.4) is 0 Å². The molecule has 0 fully saturated rings. The first-order chi connectivity index (χ1) is 22.3. The third kappa shape index (κ3) is 7.69. The van der Waals surface area contributed by atoms with Gasteiger partial charge in [-0.05, 0) is 165 Å². The van der Waals surface area contributed by atoms with E-state index in [0.717, 1.165) is 0 Å². The third-order valence-electron chi connectivity index (χ3n) is 6.64. The molecule has 0 amide bonds. The SMILES string of the molecule is O=C(c1ccc(Oc2ccc(Oc3ccc(O)cc3)cc2)c(Br)c1)c1ccc(Oc2ccc(Oc3ccc(O)cc3)cc2)c(Br)c1. The van der Waals surface area contributed by atoms with Crippen molar-refractivity contribution in [2.24, 2.45) is 0 Å². The number of hydrogen-bond acceptors (Lipinski definition) is 7. The minimum atomic E-state index is -0.161. The molecule has 46 heavy (non-hydrogen) atoms. The van der Waals surface area contributed by atoms with Gasteiger partial charge in [0.05, 0.1) is 8.95 Å². The number of rotatable bonds is 10. The standard InChI is InChI=1S/C37H24Br2O7/c38-33-21-23(1-19-35(33)45-31-15-11-29(12-16-31)43-27-7-3-25(40)4-8-27)37(42)24-2-20-36(34(39)22-24)46-32-17-13-30(14-18-32)44-28-9-5-26(41)6-10-28/h1-22,40-41H. The Bertz CT molecular complexity index is 1830. The molecule has 6 aromatic carbocycles. The predicted octanol–water partition coefficient (Wildman–Crippen LogP) is 11.0. The molecule has 6 rings (SSSR count). The number of ether oxygens (including phenoxy) is 4. The van der Waals surface area contributed by atoms with E-state index in [4.69, 9.17) is 18.9 Å². The summed E-state index contributed by atoms with van der Waals surface area (Å²) < 4.78 is 24.8. The maximum absolute atomic E-state index is 13.3. The van der Waals surface area contributed by atoms with Crippen molar-refractivity contribution in [2.75, 3.05) is 0 Å². The highest BCUT2D eigenvalue weighted by molar-refractivity contribution is 9.11. The minimum Gasteiger partial charge on any atom is -0.508 e. The quantitative estimate of drug-likeness (QED) is 0.135. The van der Waals surface area contributed by atoms with Crippen LogP contribution >= 0.6 is 31.9 Å². The summed E-state index contributed by atoms with van der Waals surface area (Å²) >= 11 is 7.06. The minimum absolute atomic E-state index is 0.161. The summed E-state index contributed by atoms with van der Waals surface area (Å²) in [6, 6.07) is 37.5. The number of carbonyl (C=O) groups is 1. The fourth-order valence-corrected chi connectivity index (χ4v) is 5.24. The van der Waals surface area contributed by atoms with E-state index >= 15 is 0 Å². The lowest BCUT2D eigenvalue weighted by atomic mass is 10.0. The van der Waals surface area contributed by atoms with Gasteiger partial charge in [0, 0.05) is 11.1 Å². The van der Waals surface area contributed by atoms with Gasteiger partial charge in [-0.1, -0.05) is 0 Å². The van der Waals surface area contributed by atoms with Crippen LogP contribution in [0.1, 0.15) is 15.9 Å². The van der Waals surface area contributed by atoms with E-state index in [1.165, 1.54) is 0 Å². The second-order valence-electron chi connectivity index (χ2n) is 9.96. The van der Waals surface area contributed by atoms with Crippen molar-refractivity contribution >= 4 is 37.6 Å². The number of ketones is 1. The number of aromatic hydroxyl groups is 2. The lowest BCUT2D eigenvalue weighted by Gasteiger charge is -2.12. The van der Waals surface area contributed by atoms with E-state index in [2.05, 4.69) is 31.9 Å². The number of hydrogen-bond donors (Lipinski definition) is 2. The van der Waals surface area contributed by atoms with E-state index in [0.29, 0.717) is 66.1 Å². The average Bonchev–Trinajstić information content (AvgIpc) is 3.06. The van der Waals surface area contributed by atoms with Crippen molar-refractivity contribution in [3.05, 3.63) is 154 Å². The van der Waals surface area contributed by atoms with Gasteiger partial charge in [0.2, 0.25) is 0 Å². The molecule has 6 aromatic rings. The van der Waals surface area contributed by atoms with Gasteiger partial charge in [0.1, 0.15) is 57.5 Å². The van der Waals surface area contributed by atoms with E-state index < -0.39 is 0 Å². The summed E-state index contributed by atoms with van der Waals surface area (Å²) in [7, 11) is 0. The van der Waals surface area contributed by atoms with Crippen LogP contribution < -0.4 is 18.9 Å². The maximum atomic E-state index is 13.3. The molecule has 0 aliphatic rings. The molecule has 0 aliphatic heterocycles. The van der Waals surface area contributed by atoms with Gasteiger partial charge >= 0.3 is 0 Å². The molecule has 0 atom stereocenters. The van der Waals surface area contributed by atoms with Crippen LogP contribution in [-0.2, 0) is 0 Å². The van der Waals surface area contributed by atoms with Gasteiger partial charge < -0.3 is 29.2 Å². The van der Waals surface area contributed by atoms with Crippen molar-refractivity contribution in [2.45, 2.75) is 0 Å². The molecule has 9 heteroatoms. The second-order valence-corrected chi connectivity index (χ2v) is 11.7. The maximum Gasteiger partial charge on any atom is 0.193 e. The fourth-order valence-electron chi connectivity index (χ4n) is 4.32. The Morgan fingerprint density at radius 1 is 0.413 bits per heavy atom. The average molecular weight is 740 g/mol. The number of phenols is 2. The highest BCUT2D eigenvalue weighted by atomic mass is 79.9. The lowest BCUT2D eigenvalue weighted by molar-refractivity contribution is 0.103. The summed E-state index contributed by atoms with van der Waals surface area (Å²) in [6.45, 7) is 0. The van der Waals surface area contributed by atoms with Gasteiger partial charge in [-0.2, -0.15) is 0 Å². The number of phenolic OH excluding ortho intramolecular Hbond substituents is 2. The van der Waals surface area contributed by atoms with E-state index in [1.807, 2.05) is 0 Å². The molecule has 0 saturated heterocycles. The number of carbonyl (C=O) groups excluding carboxylic acids is 1. The normalized spacial score (nSPS) is 10.7. The summed E-state index contributed by atoms with van der Waals surface area (Å²) in [4.78, 5) is 13.3. The lowest BCUT2D eigenvalue weighted by Crippen LogP contribution is -2.02. The molecule has 0 aromatic heterocycles. The molecule has 0 spiro atoms. The predicted molar refractivity (Wildman–Crippen MR) is 181 cm³/mol.